The molecule has 1 aromatic carbocycles. The second-order valence-corrected chi connectivity index (χ2v) is 6.92. The number of allylic oxidation sites excluding steroid dienone is 1. The molecule has 2 N–H and O–H groups in total. The van der Waals surface area contributed by atoms with Crippen molar-refractivity contribution in [2.75, 3.05) is 12.5 Å². The van der Waals surface area contributed by atoms with Gasteiger partial charge in [0.05, 0.1) is 24.1 Å². The molecule has 24 heavy (non-hydrogen) atoms. The lowest BCUT2D eigenvalue weighted by atomic mass is 9.85. The summed E-state index contributed by atoms with van der Waals surface area (Å²) < 4.78 is 5.13. The molecule has 0 aliphatic carbocycles. The smallest absolute Gasteiger partial charge is 0.338 e. The van der Waals surface area contributed by atoms with Crippen LogP contribution in [0.4, 0.5) is 4.79 Å². The highest BCUT2D eigenvalue weighted by Crippen LogP contribution is 2.30. The van der Waals surface area contributed by atoms with Crippen LogP contribution in [0.5, 0.6) is 0 Å². The fourth-order valence-electron chi connectivity index (χ4n) is 2.60. The molecule has 2 amide bonds. The Hall–Kier alpha value is -2.01. The summed E-state index contributed by atoms with van der Waals surface area (Å²) >= 11 is 5.91. The maximum Gasteiger partial charge on any atom is 0.338 e. The topological polar surface area (TPSA) is 67.4 Å². The molecule has 1 unspecified atom stereocenters. The van der Waals surface area contributed by atoms with Crippen LogP contribution in [0.1, 0.15) is 44.9 Å². The summed E-state index contributed by atoms with van der Waals surface area (Å²) in [6.07, 6.45) is 0. The van der Waals surface area contributed by atoms with Crippen LogP contribution in [0.2, 0.25) is 0 Å². The first-order valence-electron chi connectivity index (χ1n) is 7.92. The van der Waals surface area contributed by atoms with Gasteiger partial charge in [-0.3, -0.25) is 0 Å². The van der Waals surface area contributed by atoms with E-state index in [1.165, 1.54) is 5.56 Å². The van der Waals surface area contributed by atoms with E-state index in [0.717, 1.165) is 5.56 Å². The second-order valence-electron chi connectivity index (χ2n) is 6.65. The standard InChI is InChI=1S/C18H23ClN2O3/c1-5-24-16(22)14-13(10-19)20-17(23)21-15(14)11-6-8-12(9-7-11)18(2,3)4/h6-9,15H,5,10H2,1-4H3,(H2,20,21,23). The molecule has 1 aromatic rings. The monoisotopic (exact) mass is 350 g/mol. The Morgan fingerprint density at radius 3 is 2.38 bits per heavy atom. The number of nitrogens with one attached hydrogen (secondary N) is 2. The van der Waals surface area contributed by atoms with Gasteiger partial charge in [-0.05, 0) is 23.5 Å². The molecule has 0 radical (unpaired) electrons. The molecule has 0 bridgehead atoms. The molecular weight excluding hydrogens is 328 g/mol. The molecule has 0 fully saturated rings. The Morgan fingerprint density at radius 2 is 1.88 bits per heavy atom. The summed E-state index contributed by atoms with van der Waals surface area (Å²) in [5.74, 6) is -0.455. The number of hydrogen-bond acceptors (Lipinski definition) is 3. The first-order valence-corrected chi connectivity index (χ1v) is 8.45. The minimum atomic E-state index is -0.583. The third-order valence-corrected chi connectivity index (χ3v) is 4.16. The highest BCUT2D eigenvalue weighted by molar-refractivity contribution is 6.20. The molecule has 1 heterocycles. The van der Waals surface area contributed by atoms with Crippen molar-refractivity contribution in [1.82, 2.24) is 10.6 Å². The van der Waals surface area contributed by atoms with E-state index in [9.17, 15) is 9.59 Å². The Morgan fingerprint density at radius 1 is 1.25 bits per heavy atom. The number of hydrogen-bond donors (Lipinski definition) is 2. The van der Waals surface area contributed by atoms with Gasteiger partial charge < -0.3 is 15.4 Å². The van der Waals surface area contributed by atoms with Crippen LogP contribution in [-0.2, 0) is 14.9 Å². The van der Waals surface area contributed by atoms with E-state index < -0.39 is 12.0 Å². The Bertz CT molecular complexity index is 660. The third-order valence-electron chi connectivity index (χ3n) is 3.89. The maximum absolute atomic E-state index is 12.4. The molecule has 1 aliphatic heterocycles. The average molecular weight is 351 g/mol. The number of alkyl halides is 1. The van der Waals surface area contributed by atoms with Crippen molar-refractivity contribution in [2.45, 2.75) is 39.2 Å². The molecular formula is C18H23ClN2O3. The minimum Gasteiger partial charge on any atom is -0.463 e. The zero-order valence-corrected chi connectivity index (χ0v) is 15.2. The molecule has 1 atom stereocenters. The van der Waals surface area contributed by atoms with Gasteiger partial charge in [-0.15, -0.1) is 11.6 Å². The number of carbonyl (C=O) groups excluding carboxylic acids is 2. The lowest BCUT2D eigenvalue weighted by Crippen LogP contribution is -2.46. The molecule has 0 saturated heterocycles. The van der Waals surface area contributed by atoms with Crippen LogP contribution in [0, 0.1) is 0 Å². The predicted octanol–water partition coefficient (Wildman–Crippen LogP) is 3.39. The predicted molar refractivity (Wildman–Crippen MR) is 93.9 cm³/mol. The summed E-state index contributed by atoms with van der Waals surface area (Å²) in [4.78, 5) is 24.3. The van der Waals surface area contributed by atoms with E-state index in [1.54, 1.807) is 6.92 Å². The van der Waals surface area contributed by atoms with Crippen LogP contribution in [0.15, 0.2) is 35.5 Å². The van der Waals surface area contributed by atoms with Gasteiger partial charge in [0.25, 0.3) is 0 Å². The summed E-state index contributed by atoms with van der Waals surface area (Å²) in [6, 6.07) is 6.88. The lowest BCUT2D eigenvalue weighted by Gasteiger charge is -2.29. The van der Waals surface area contributed by atoms with Gasteiger partial charge in [0.2, 0.25) is 0 Å². The fourth-order valence-corrected chi connectivity index (χ4v) is 2.81. The number of esters is 1. The van der Waals surface area contributed by atoms with Gasteiger partial charge in [0, 0.05) is 5.70 Å². The molecule has 130 valence electrons. The van der Waals surface area contributed by atoms with Crippen LogP contribution in [0.25, 0.3) is 0 Å². The van der Waals surface area contributed by atoms with Gasteiger partial charge in [0.1, 0.15) is 0 Å². The van der Waals surface area contributed by atoms with Crippen LogP contribution < -0.4 is 10.6 Å². The third kappa shape index (κ3) is 3.90. The molecule has 1 aliphatic rings. The SMILES string of the molecule is CCOC(=O)C1=C(CCl)NC(=O)NC1c1ccc(C(C)(C)C)cc1. The van der Waals surface area contributed by atoms with E-state index in [0.29, 0.717) is 11.3 Å². The number of urea groups is 1. The number of ether oxygens (including phenoxy) is 1. The van der Waals surface area contributed by atoms with E-state index >= 15 is 0 Å². The molecule has 6 heteroatoms. The molecule has 0 spiro atoms. The molecule has 0 saturated carbocycles. The minimum absolute atomic E-state index is 0.0248. The quantitative estimate of drug-likeness (QED) is 0.646. The number of benzene rings is 1. The normalized spacial score (nSPS) is 18.0. The van der Waals surface area contributed by atoms with Crippen LogP contribution >= 0.6 is 11.6 Å². The number of carbonyl (C=O) groups is 2. The zero-order chi connectivity index (χ0) is 17.9. The van der Waals surface area contributed by atoms with E-state index in [1.807, 2.05) is 24.3 Å². The first-order chi connectivity index (χ1) is 11.3. The van der Waals surface area contributed by atoms with Crippen molar-refractivity contribution in [3.8, 4) is 0 Å². The van der Waals surface area contributed by atoms with Crippen molar-refractivity contribution in [2.24, 2.45) is 0 Å². The average Bonchev–Trinajstić information content (AvgIpc) is 2.53. The summed E-state index contributed by atoms with van der Waals surface area (Å²) in [6.45, 7) is 8.37. The summed E-state index contributed by atoms with van der Waals surface area (Å²) in [5, 5.41) is 5.36. The Labute approximate surface area is 147 Å². The lowest BCUT2D eigenvalue weighted by molar-refractivity contribution is -0.139. The number of amides is 2. The van der Waals surface area contributed by atoms with Gasteiger partial charge in [0.15, 0.2) is 0 Å². The first kappa shape index (κ1) is 18.3. The Balaban J connectivity index is 2.44. The Kier molecular flexibility index (Phi) is 5.54. The van der Waals surface area contributed by atoms with Crippen molar-refractivity contribution >= 4 is 23.6 Å². The van der Waals surface area contributed by atoms with Crippen LogP contribution in [0.3, 0.4) is 0 Å². The van der Waals surface area contributed by atoms with Crippen LogP contribution in [-0.4, -0.2) is 24.5 Å². The molecule has 0 aromatic heterocycles. The van der Waals surface area contributed by atoms with Crippen molar-refractivity contribution in [3.05, 3.63) is 46.7 Å². The van der Waals surface area contributed by atoms with Gasteiger partial charge in [-0.2, -0.15) is 0 Å². The van der Waals surface area contributed by atoms with Crippen molar-refractivity contribution in [1.29, 1.82) is 0 Å². The second kappa shape index (κ2) is 7.26. The van der Waals surface area contributed by atoms with E-state index in [4.69, 9.17) is 16.3 Å². The van der Waals surface area contributed by atoms with Gasteiger partial charge >= 0.3 is 12.0 Å². The van der Waals surface area contributed by atoms with Gasteiger partial charge in [-0.1, -0.05) is 45.0 Å². The van der Waals surface area contributed by atoms with Crippen molar-refractivity contribution < 1.29 is 14.3 Å². The number of rotatable bonds is 4. The number of halogens is 1. The largest absolute Gasteiger partial charge is 0.463 e. The zero-order valence-electron chi connectivity index (χ0n) is 14.4. The van der Waals surface area contributed by atoms with Gasteiger partial charge in [-0.25, -0.2) is 9.59 Å². The maximum atomic E-state index is 12.4. The molecule has 2 rings (SSSR count). The summed E-state index contributed by atoms with van der Waals surface area (Å²) in [5.41, 5.74) is 2.73. The highest BCUT2D eigenvalue weighted by Gasteiger charge is 2.33. The highest BCUT2D eigenvalue weighted by atomic mass is 35.5. The van der Waals surface area contributed by atoms with E-state index in [2.05, 4.69) is 31.4 Å². The van der Waals surface area contributed by atoms with Crippen molar-refractivity contribution in [3.63, 3.8) is 0 Å². The fraction of sp³-hybridized carbons (Fsp3) is 0.444. The summed E-state index contributed by atoms with van der Waals surface area (Å²) in [7, 11) is 0. The molecule has 5 nitrogen and oxygen atoms in total. The van der Waals surface area contributed by atoms with E-state index in [-0.39, 0.29) is 23.9 Å².